The third kappa shape index (κ3) is 3.05. The molecule has 1 aliphatic carbocycles. The molecular weight excluding hydrogens is 330 g/mol. The molecule has 0 saturated heterocycles. The van der Waals surface area contributed by atoms with Gasteiger partial charge in [-0.15, -0.1) is 0 Å². The van der Waals surface area contributed by atoms with Crippen molar-refractivity contribution in [2.45, 2.75) is 19.3 Å². The van der Waals surface area contributed by atoms with Crippen molar-refractivity contribution in [3.05, 3.63) is 47.0 Å². The highest BCUT2D eigenvalue weighted by molar-refractivity contribution is 5.86. The summed E-state index contributed by atoms with van der Waals surface area (Å²) in [7, 11) is 6.50. The molecule has 2 aromatic carbocycles. The van der Waals surface area contributed by atoms with Gasteiger partial charge < -0.3 is 24.7 Å². The van der Waals surface area contributed by atoms with Crippen LogP contribution in [-0.2, 0) is 6.42 Å². The predicted octanol–water partition coefficient (Wildman–Crippen LogP) is 4.07. The number of hydrogen-bond donors (Lipinski definition) is 1. The molecule has 0 unspecified atom stereocenters. The first-order valence-corrected chi connectivity index (χ1v) is 8.60. The van der Waals surface area contributed by atoms with E-state index in [1.807, 2.05) is 18.2 Å². The highest BCUT2D eigenvalue weighted by Crippen LogP contribution is 2.43. The van der Waals surface area contributed by atoms with Crippen LogP contribution in [0.4, 0.5) is 5.69 Å². The average molecular weight is 355 g/mol. The Balaban J connectivity index is 2.19. The summed E-state index contributed by atoms with van der Waals surface area (Å²) in [5.41, 5.74) is 11.4. The van der Waals surface area contributed by atoms with Crippen LogP contribution >= 0.6 is 0 Å². The summed E-state index contributed by atoms with van der Waals surface area (Å²) in [5, 5.41) is 0. The highest BCUT2D eigenvalue weighted by Gasteiger charge is 2.21. The fraction of sp³-hybridized carbons (Fsp3) is 0.333. The Bertz CT molecular complexity index is 817. The number of benzene rings is 2. The zero-order chi connectivity index (χ0) is 18.7. The Morgan fingerprint density at radius 3 is 2.08 bits per heavy atom. The minimum Gasteiger partial charge on any atom is -0.495 e. The minimum atomic E-state index is 0.586. The molecule has 0 aliphatic heterocycles. The second kappa shape index (κ2) is 7.60. The molecule has 138 valence electrons. The lowest BCUT2D eigenvalue weighted by Gasteiger charge is -2.18. The van der Waals surface area contributed by atoms with Crippen LogP contribution in [0.1, 0.15) is 29.5 Å². The zero-order valence-corrected chi connectivity index (χ0v) is 15.7. The molecule has 0 atom stereocenters. The van der Waals surface area contributed by atoms with E-state index in [1.165, 1.54) is 0 Å². The summed E-state index contributed by atoms with van der Waals surface area (Å²) in [6.45, 7) is 0. The van der Waals surface area contributed by atoms with Gasteiger partial charge in [-0.3, -0.25) is 0 Å². The molecule has 0 saturated carbocycles. The molecule has 0 bridgehead atoms. The van der Waals surface area contributed by atoms with Crippen LogP contribution in [0.2, 0.25) is 0 Å². The number of ether oxygens (including phenoxy) is 4. The van der Waals surface area contributed by atoms with Gasteiger partial charge in [0.15, 0.2) is 11.5 Å². The lowest BCUT2D eigenvalue weighted by Crippen LogP contribution is -2.03. The van der Waals surface area contributed by atoms with Crippen molar-refractivity contribution in [3.8, 4) is 23.0 Å². The van der Waals surface area contributed by atoms with Crippen LogP contribution in [0.15, 0.2) is 30.3 Å². The molecule has 0 radical (unpaired) electrons. The quantitative estimate of drug-likeness (QED) is 0.819. The average Bonchev–Trinajstić information content (AvgIpc) is 2.90. The lowest BCUT2D eigenvalue weighted by atomic mass is 9.92. The van der Waals surface area contributed by atoms with Gasteiger partial charge in [-0.05, 0) is 59.7 Å². The van der Waals surface area contributed by atoms with Gasteiger partial charge >= 0.3 is 0 Å². The Labute approximate surface area is 154 Å². The fourth-order valence-electron chi connectivity index (χ4n) is 3.49. The normalized spacial score (nSPS) is 13.3. The van der Waals surface area contributed by atoms with Crippen LogP contribution in [0.5, 0.6) is 23.0 Å². The zero-order valence-electron chi connectivity index (χ0n) is 15.7. The van der Waals surface area contributed by atoms with Crippen molar-refractivity contribution in [1.29, 1.82) is 0 Å². The first-order valence-electron chi connectivity index (χ1n) is 8.60. The van der Waals surface area contributed by atoms with E-state index >= 15 is 0 Å². The van der Waals surface area contributed by atoms with E-state index in [0.717, 1.165) is 47.3 Å². The van der Waals surface area contributed by atoms with Crippen molar-refractivity contribution in [2.75, 3.05) is 34.2 Å². The van der Waals surface area contributed by atoms with Crippen LogP contribution < -0.4 is 24.7 Å². The molecule has 3 rings (SSSR count). The van der Waals surface area contributed by atoms with Crippen LogP contribution in [0, 0.1) is 0 Å². The van der Waals surface area contributed by atoms with E-state index in [4.69, 9.17) is 24.7 Å². The molecule has 0 aromatic heterocycles. The van der Waals surface area contributed by atoms with Crippen LogP contribution in [0.25, 0.3) is 5.57 Å². The second-order valence-electron chi connectivity index (χ2n) is 6.13. The number of allylic oxidation sites excluding steroid dienone is 1. The van der Waals surface area contributed by atoms with Crippen molar-refractivity contribution in [2.24, 2.45) is 0 Å². The van der Waals surface area contributed by atoms with Gasteiger partial charge in [0, 0.05) is 0 Å². The Kier molecular flexibility index (Phi) is 5.26. The topological polar surface area (TPSA) is 62.9 Å². The Morgan fingerprint density at radius 1 is 0.846 bits per heavy atom. The number of methoxy groups -OCH3 is 4. The van der Waals surface area contributed by atoms with Gasteiger partial charge in [-0.1, -0.05) is 12.1 Å². The Morgan fingerprint density at radius 2 is 1.50 bits per heavy atom. The lowest BCUT2D eigenvalue weighted by molar-refractivity contribution is 0.324. The summed E-state index contributed by atoms with van der Waals surface area (Å²) >= 11 is 0. The van der Waals surface area contributed by atoms with Crippen molar-refractivity contribution >= 4 is 11.3 Å². The minimum absolute atomic E-state index is 0.586. The second-order valence-corrected chi connectivity index (χ2v) is 6.13. The Hall–Kier alpha value is -2.82. The largest absolute Gasteiger partial charge is 0.495 e. The van der Waals surface area contributed by atoms with E-state index in [-0.39, 0.29) is 0 Å². The molecule has 0 heterocycles. The van der Waals surface area contributed by atoms with Gasteiger partial charge in [-0.2, -0.15) is 0 Å². The van der Waals surface area contributed by atoms with Crippen molar-refractivity contribution in [3.63, 3.8) is 0 Å². The van der Waals surface area contributed by atoms with Gasteiger partial charge in [0.2, 0.25) is 5.75 Å². The number of anilines is 1. The van der Waals surface area contributed by atoms with Gasteiger partial charge in [0.1, 0.15) is 5.75 Å². The molecular formula is C21H25NO4. The number of hydrogen-bond acceptors (Lipinski definition) is 5. The smallest absolute Gasteiger partial charge is 0.203 e. The first kappa shape index (κ1) is 18.0. The summed E-state index contributed by atoms with van der Waals surface area (Å²) in [6, 6.07) is 7.95. The first-order chi connectivity index (χ1) is 12.6. The third-order valence-corrected chi connectivity index (χ3v) is 4.78. The van der Waals surface area contributed by atoms with Crippen LogP contribution in [-0.4, -0.2) is 28.4 Å². The van der Waals surface area contributed by atoms with Crippen molar-refractivity contribution in [1.82, 2.24) is 0 Å². The molecule has 5 nitrogen and oxygen atoms in total. The summed E-state index contributed by atoms with van der Waals surface area (Å²) in [6.07, 6.45) is 5.18. The van der Waals surface area contributed by atoms with Gasteiger partial charge in [0.25, 0.3) is 0 Å². The van der Waals surface area contributed by atoms with Gasteiger partial charge in [0.05, 0.1) is 34.1 Å². The molecule has 5 heteroatoms. The van der Waals surface area contributed by atoms with E-state index in [0.29, 0.717) is 22.9 Å². The monoisotopic (exact) mass is 355 g/mol. The molecule has 0 fully saturated rings. The van der Waals surface area contributed by atoms with E-state index in [9.17, 15) is 0 Å². The molecule has 0 amide bonds. The van der Waals surface area contributed by atoms with Gasteiger partial charge in [-0.25, -0.2) is 0 Å². The fourth-order valence-corrected chi connectivity index (χ4v) is 3.49. The SMILES string of the molecule is COc1ccc2c(c1N)CCCC=C2c1cc(OC)c(OC)c(OC)c1. The number of fused-ring (bicyclic) bond motifs is 1. The van der Waals surface area contributed by atoms with E-state index in [2.05, 4.69) is 12.1 Å². The number of nitrogens with two attached hydrogens (primary N) is 1. The maximum Gasteiger partial charge on any atom is 0.203 e. The maximum absolute atomic E-state index is 6.36. The van der Waals surface area contributed by atoms with Crippen LogP contribution in [0.3, 0.4) is 0 Å². The van der Waals surface area contributed by atoms with E-state index < -0.39 is 0 Å². The summed E-state index contributed by atoms with van der Waals surface area (Å²) in [4.78, 5) is 0. The molecule has 2 N–H and O–H groups in total. The third-order valence-electron chi connectivity index (χ3n) is 4.78. The number of rotatable bonds is 5. The number of nitrogen functional groups attached to an aromatic ring is 1. The highest BCUT2D eigenvalue weighted by atomic mass is 16.5. The summed E-state index contributed by atoms with van der Waals surface area (Å²) in [5.74, 6) is 2.57. The van der Waals surface area contributed by atoms with Crippen molar-refractivity contribution < 1.29 is 18.9 Å². The molecule has 2 aromatic rings. The maximum atomic E-state index is 6.36. The summed E-state index contributed by atoms with van der Waals surface area (Å²) < 4.78 is 21.9. The van der Waals surface area contributed by atoms with E-state index in [1.54, 1.807) is 28.4 Å². The molecule has 26 heavy (non-hydrogen) atoms. The standard InChI is InChI=1S/C21H25NO4/c1-23-17-10-9-15-14(7-5-6-8-16(15)20(17)22)13-11-18(24-2)21(26-4)19(12-13)25-3/h7,9-12H,5-6,8,22H2,1-4H3. The predicted molar refractivity (Wildman–Crippen MR) is 104 cm³/mol. The molecule has 1 aliphatic rings. The molecule has 0 spiro atoms.